The van der Waals surface area contributed by atoms with Gasteiger partial charge in [0, 0.05) is 12.2 Å². The van der Waals surface area contributed by atoms with E-state index >= 15 is 0 Å². The predicted octanol–water partition coefficient (Wildman–Crippen LogP) is 0.581. The van der Waals surface area contributed by atoms with Crippen LogP contribution < -0.4 is 10.5 Å². The van der Waals surface area contributed by atoms with Crippen molar-refractivity contribution in [2.75, 3.05) is 0 Å². The van der Waals surface area contributed by atoms with Crippen molar-refractivity contribution in [1.29, 1.82) is 0 Å². The van der Waals surface area contributed by atoms with E-state index < -0.39 is 10.0 Å². The molecule has 1 rings (SSSR count). The third kappa shape index (κ3) is 3.86. The van der Waals surface area contributed by atoms with Crippen molar-refractivity contribution >= 4 is 15.9 Å². The number of rotatable bonds is 5. The molecule has 1 aromatic rings. The summed E-state index contributed by atoms with van der Waals surface area (Å²) in [6.07, 6.45) is 3.04. The van der Waals surface area contributed by atoms with Crippen molar-refractivity contribution in [3.63, 3.8) is 0 Å². The molecule has 1 atom stereocenters. The fourth-order valence-corrected chi connectivity index (χ4v) is 1.98. The lowest BCUT2D eigenvalue weighted by Crippen LogP contribution is -2.32. The van der Waals surface area contributed by atoms with E-state index in [-0.39, 0.29) is 22.5 Å². The lowest BCUT2D eigenvalue weighted by Gasteiger charge is -2.11. The van der Waals surface area contributed by atoms with Crippen LogP contribution in [0.1, 0.15) is 37.2 Å². The monoisotopic (exact) mass is 259 g/mol. The molecule has 1 unspecified atom stereocenters. The normalized spacial score (nSPS) is 13.4. The van der Waals surface area contributed by atoms with Gasteiger partial charge in [-0.25, -0.2) is 13.6 Å². The number of hydrogen-bond acceptors (Lipinski definition) is 3. The zero-order chi connectivity index (χ0) is 13.1. The summed E-state index contributed by atoms with van der Waals surface area (Å²) in [6, 6.07) is 1.28. The Balaban J connectivity index is 2.74. The molecule has 1 aromatic heterocycles. The molecule has 1 heterocycles. The molecule has 0 aliphatic rings. The van der Waals surface area contributed by atoms with Crippen LogP contribution in [-0.2, 0) is 10.0 Å². The van der Waals surface area contributed by atoms with Crippen LogP contribution in [-0.4, -0.2) is 25.4 Å². The quantitative estimate of drug-likeness (QED) is 0.720. The van der Waals surface area contributed by atoms with Gasteiger partial charge in [0.15, 0.2) is 0 Å². The Bertz CT molecular complexity index is 493. The summed E-state index contributed by atoms with van der Waals surface area (Å²) < 4.78 is 22.0. The minimum Gasteiger partial charge on any atom is -0.356 e. The van der Waals surface area contributed by atoms with Crippen LogP contribution in [0.15, 0.2) is 17.2 Å². The fourth-order valence-electron chi connectivity index (χ4n) is 1.48. The number of aromatic amines is 1. The maximum Gasteiger partial charge on any atom is 0.267 e. The number of H-pyrrole nitrogens is 1. The van der Waals surface area contributed by atoms with Gasteiger partial charge in [0.05, 0.1) is 4.90 Å². The van der Waals surface area contributed by atoms with Crippen LogP contribution >= 0.6 is 0 Å². The lowest BCUT2D eigenvalue weighted by molar-refractivity contribution is 0.0934. The van der Waals surface area contributed by atoms with Gasteiger partial charge in [-0.3, -0.25) is 4.79 Å². The molecule has 6 nitrogen and oxygen atoms in total. The number of amides is 1. The molecule has 1 amide bonds. The van der Waals surface area contributed by atoms with Crippen LogP contribution in [0.2, 0.25) is 0 Å². The van der Waals surface area contributed by atoms with Crippen molar-refractivity contribution < 1.29 is 13.2 Å². The first-order valence-electron chi connectivity index (χ1n) is 5.36. The minimum absolute atomic E-state index is 0.0498. The summed E-state index contributed by atoms with van der Waals surface area (Å²) in [4.78, 5) is 14.2. The highest BCUT2D eigenvalue weighted by Gasteiger charge is 2.15. The van der Waals surface area contributed by atoms with Crippen LogP contribution in [0.4, 0.5) is 0 Å². The van der Waals surface area contributed by atoms with E-state index in [1.807, 2.05) is 13.8 Å². The van der Waals surface area contributed by atoms with Gasteiger partial charge in [0.1, 0.15) is 5.69 Å². The summed E-state index contributed by atoms with van der Waals surface area (Å²) >= 11 is 0. The first-order valence-corrected chi connectivity index (χ1v) is 6.91. The van der Waals surface area contributed by atoms with Gasteiger partial charge in [-0.2, -0.15) is 0 Å². The molecule has 0 radical (unpaired) electrons. The van der Waals surface area contributed by atoms with E-state index in [1.165, 1.54) is 12.3 Å². The van der Waals surface area contributed by atoms with Gasteiger partial charge in [0.2, 0.25) is 10.0 Å². The summed E-state index contributed by atoms with van der Waals surface area (Å²) in [6.45, 7) is 3.92. The molecule has 17 heavy (non-hydrogen) atoms. The van der Waals surface area contributed by atoms with Crippen LogP contribution in [0.5, 0.6) is 0 Å². The standard InChI is InChI=1S/C10H17N3O3S/c1-3-4-7(2)13-10(14)9-5-8(6-12-9)17(11,15)16/h5-7,12H,3-4H2,1-2H3,(H,13,14)(H2,11,15,16). The summed E-state index contributed by atoms with van der Waals surface area (Å²) in [5, 5.41) is 7.70. The molecule has 4 N–H and O–H groups in total. The van der Waals surface area contributed by atoms with Gasteiger partial charge < -0.3 is 10.3 Å². The number of primary sulfonamides is 1. The van der Waals surface area contributed by atoms with E-state index in [1.54, 1.807) is 0 Å². The highest BCUT2D eigenvalue weighted by molar-refractivity contribution is 7.89. The molecule has 0 saturated heterocycles. The highest BCUT2D eigenvalue weighted by Crippen LogP contribution is 2.09. The van der Waals surface area contributed by atoms with Crippen molar-refractivity contribution in [3.05, 3.63) is 18.0 Å². The predicted molar refractivity (Wildman–Crippen MR) is 64.0 cm³/mol. The second-order valence-corrected chi connectivity index (χ2v) is 5.52. The largest absolute Gasteiger partial charge is 0.356 e. The number of hydrogen-bond donors (Lipinski definition) is 3. The van der Waals surface area contributed by atoms with Gasteiger partial charge in [-0.05, 0) is 19.4 Å². The number of nitrogens with one attached hydrogen (secondary N) is 2. The number of nitrogens with two attached hydrogens (primary N) is 1. The van der Waals surface area contributed by atoms with Crippen LogP contribution in [0, 0.1) is 0 Å². The first-order chi connectivity index (χ1) is 7.84. The Morgan fingerprint density at radius 2 is 2.24 bits per heavy atom. The first kappa shape index (κ1) is 13.7. The molecule has 0 aromatic carbocycles. The maximum atomic E-state index is 11.7. The molecule has 0 aliphatic heterocycles. The van der Waals surface area contributed by atoms with E-state index in [9.17, 15) is 13.2 Å². The van der Waals surface area contributed by atoms with E-state index in [0.29, 0.717) is 0 Å². The molecular weight excluding hydrogens is 242 g/mol. The number of sulfonamides is 1. The van der Waals surface area contributed by atoms with E-state index in [4.69, 9.17) is 5.14 Å². The van der Waals surface area contributed by atoms with E-state index in [2.05, 4.69) is 10.3 Å². The van der Waals surface area contributed by atoms with Crippen molar-refractivity contribution in [1.82, 2.24) is 10.3 Å². The maximum absolute atomic E-state index is 11.7. The third-order valence-electron chi connectivity index (χ3n) is 2.33. The topological polar surface area (TPSA) is 105 Å². The fraction of sp³-hybridized carbons (Fsp3) is 0.500. The van der Waals surface area contributed by atoms with Gasteiger partial charge in [-0.1, -0.05) is 13.3 Å². The van der Waals surface area contributed by atoms with Crippen molar-refractivity contribution in [2.24, 2.45) is 5.14 Å². The van der Waals surface area contributed by atoms with Crippen molar-refractivity contribution in [2.45, 2.75) is 37.6 Å². The molecular formula is C10H17N3O3S. The summed E-state index contributed by atoms with van der Waals surface area (Å²) in [5.41, 5.74) is 0.192. The second kappa shape index (κ2) is 5.33. The Morgan fingerprint density at radius 1 is 1.59 bits per heavy atom. The summed E-state index contributed by atoms with van der Waals surface area (Å²) in [7, 11) is -3.77. The lowest BCUT2D eigenvalue weighted by atomic mass is 10.2. The van der Waals surface area contributed by atoms with E-state index in [0.717, 1.165) is 12.8 Å². The SMILES string of the molecule is CCCC(C)NC(=O)c1cc(S(N)(=O)=O)c[nH]1. The second-order valence-electron chi connectivity index (χ2n) is 3.96. The van der Waals surface area contributed by atoms with Crippen molar-refractivity contribution in [3.8, 4) is 0 Å². The Kier molecular flexibility index (Phi) is 4.30. The van der Waals surface area contributed by atoms with Gasteiger partial charge in [-0.15, -0.1) is 0 Å². The Labute approximate surface area is 101 Å². The molecule has 96 valence electrons. The Morgan fingerprint density at radius 3 is 2.71 bits per heavy atom. The van der Waals surface area contributed by atoms with Gasteiger partial charge in [0.25, 0.3) is 5.91 Å². The average Bonchev–Trinajstić information content (AvgIpc) is 2.65. The number of carbonyl (C=O) groups is 1. The molecule has 7 heteroatoms. The Hall–Kier alpha value is -1.34. The van der Waals surface area contributed by atoms with Gasteiger partial charge >= 0.3 is 0 Å². The number of carbonyl (C=O) groups excluding carboxylic acids is 1. The third-order valence-corrected chi connectivity index (χ3v) is 3.22. The minimum atomic E-state index is -3.77. The molecule has 0 fully saturated rings. The highest BCUT2D eigenvalue weighted by atomic mass is 32.2. The average molecular weight is 259 g/mol. The zero-order valence-electron chi connectivity index (χ0n) is 9.86. The molecule has 0 spiro atoms. The molecule has 0 aliphatic carbocycles. The number of aromatic nitrogens is 1. The molecule has 0 bridgehead atoms. The zero-order valence-corrected chi connectivity index (χ0v) is 10.7. The van der Waals surface area contributed by atoms with Crippen LogP contribution in [0.3, 0.4) is 0 Å². The smallest absolute Gasteiger partial charge is 0.267 e. The molecule has 0 saturated carbocycles. The summed E-state index contributed by atoms with van der Waals surface area (Å²) in [5.74, 6) is -0.333. The van der Waals surface area contributed by atoms with Crippen LogP contribution in [0.25, 0.3) is 0 Å².